The first-order valence-corrected chi connectivity index (χ1v) is 20.1. The van der Waals surface area contributed by atoms with Gasteiger partial charge in [-0.15, -0.1) is 0 Å². The van der Waals surface area contributed by atoms with Gasteiger partial charge in [-0.25, -0.2) is 4.98 Å². The van der Waals surface area contributed by atoms with Crippen LogP contribution in [0.25, 0.3) is 0 Å². The number of nitrogens with one attached hydrogen (secondary N) is 4. The average molecular weight is 734 g/mol. The topological polar surface area (TPSA) is 180 Å². The Kier molecular flexibility index (Phi) is 12.2. The van der Waals surface area contributed by atoms with Gasteiger partial charge in [0.2, 0.25) is 23.5 Å². The molecule has 3 saturated carbocycles. The fraction of sp³-hybridized carbons (Fsp3) is 0.750. The summed E-state index contributed by atoms with van der Waals surface area (Å²) in [4.78, 5) is 92.9. The molecule has 1 aromatic heterocycles. The van der Waals surface area contributed by atoms with Crippen LogP contribution in [0.3, 0.4) is 0 Å². The third-order valence-corrected chi connectivity index (χ3v) is 12.9. The zero-order valence-corrected chi connectivity index (χ0v) is 31.9. The van der Waals surface area contributed by atoms with Gasteiger partial charge in [0.15, 0.2) is 0 Å². The lowest BCUT2D eigenvalue weighted by molar-refractivity contribution is -0.146. The van der Waals surface area contributed by atoms with Crippen molar-refractivity contribution in [2.75, 3.05) is 6.54 Å². The number of rotatable bonds is 10. The predicted molar refractivity (Wildman–Crippen MR) is 197 cm³/mol. The first kappa shape index (κ1) is 38.8. The Morgan fingerprint density at radius 3 is 2.17 bits per heavy atom. The van der Waals surface area contributed by atoms with Crippen LogP contribution in [0, 0.1) is 35.0 Å². The number of nitrogens with zero attached hydrogens (tertiary/aromatic N) is 3. The van der Waals surface area contributed by atoms with Crippen molar-refractivity contribution in [2.45, 2.75) is 148 Å². The van der Waals surface area contributed by atoms with E-state index in [1.807, 2.05) is 27.7 Å². The van der Waals surface area contributed by atoms with Crippen molar-refractivity contribution in [1.29, 1.82) is 0 Å². The van der Waals surface area contributed by atoms with E-state index in [2.05, 4.69) is 31.2 Å². The molecule has 0 radical (unpaired) electrons. The highest BCUT2D eigenvalue weighted by atomic mass is 16.2. The molecule has 2 aliphatic heterocycles. The number of fused-ring (bicyclic) bond motifs is 1. The van der Waals surface area contributed by atoms with Crippen molar-refractivity contribution < 1.29 is 28.8 Å². The minimum absolute atomic E-state index is 0.0736. The molecule has 4 N–H and O–H groups in total. The molecule has 6 rings (SSSR count). The number of hydrogen-bond donors (Lipinski definition) is 4. The number of Topliss-reactive ketones (excluding diaryl/α,β-unsaturated/α-hetero) is 1. The molecule has 2 saturated heterocycles. The van der Waals surface area contributed by atoms with Crippen molar-refractivity contribution >= 4 is 35.3 Å². The van der Waals surface area contributed by atoms with E-state index in [0.717, 1.165) is 77.0 Å². The summed E-state index contributed by atoms with van der Waals surface area (Å²) in [6.07, 6.45) is 16.9. The van der Waals surface area contributed by atoms with E-state index in [9.17, 15) is 28.8 Å². The van der Waals surface area contributed by atoms with Crippen molar-refractivity contribution in [3.63, 3.8) is 0 Å². The molecule has 2 unspecified atom stereocenters. The predicted octanol–water partition coefficient (Wildman–Crippen LogP) is 3.47. The molecule has 53 heavy (non-hydrogen) atoms. The highest BCUT2D eigenvalue weighted by molar-refractivity contribution is 6.38. The summed E-state index contributed by atoms with van der Waals surface area (Å²) in [6, 6.07) is -3.78. The molecule has 3 aliphatic carbocycles. The lowest BCUT2D eigenvalue weighted by Gasteiger charge is -2.38. The van der Waals surface area contributed by atoms with Gasteiger partial charge >= 0.3 is 0 Å². The van der Waals surface area contributed by atoms with Crippen LogP contribution in [-0.2, 0) is 24.0 Å². The first-order chi connectivity index (χ1) is 25.3. The van der Waals surface area contributed by atoms with Crippen molar-refractivity contribution in [2.24, 2.45) is 35.0 Å². The van der Waals surface area contributed by atoms with Crippen molar-refractivity contribution in [1.82, 2.24) is 36.1 Å². The van der Waals surface area contributed by atoms with Gasteiger partial charge in [0.05, 0.1) is 12.2 Å². The minimum Gasteiger partial charge on any atom is -0.347 e. The van der Waals surface area contributed by atoms with E-state index in [1.165, 1.54) is 25.0 Å². The summed E-state index contributed by atoms with van der Waals surface area (Å²) in [5.74, 6) is -2.45. The fourth-order valence-electron chi connectivity index (χ4n) is 9.93. The summed E-state index contributed by atoms with van der Waals surface area (Å²) < 4.78 is 0. The van der Waals surface area contributed by atoms with Crippen LogP contribution in [-0.4, -0.2) is 86.9 Å². The molecule has 290 valence electrons. The molecular formula is C40H59N7O6. The Balaban J connectivity index is 1.18. The quantitative estimate of drug-likeness (QED) is 0.264. The molecule has 0 aromatic carbocycles. The van der Waals surface area contributed by atoms with Gasteiger partial charge in [0.1, 0.15) is 23.8 Å². The van der Waals surface area contributed by atoms with Crippen molar-refractivity contribution in [3.05, 3.63) is 24.3 Å². The Labute approximate surface area is 313 Å². The van der Waals surface area contributed by atoms with Crippen LogP contribution in [0.5, 0.6) is 0 Å². The number of carbonyl (C=O) groups excluding carboxylic acids is 6. The Hall–Kier alpha value is -3.90. The van der Waals surface area contributed by atoms with Crippen LogP contribution in [0.15, 0.2) is 18.6 Å². The number of hydrogen-bond acceptors (Lipinski definition) is 8. The number of ketones is 1. The van der Waals surface area contributed by atoms with Gasteiger partial charge in [-0.05, 0) is 93.3 Å². The van der Waals surface area contributed by atoms with E-state index in [0.29, 0.717) is 24.8 Å². The third kappa shape index (κ3) is 8.91. The third-order valence-electron chi connectivity index (χ3n) is 12.9. The summed E-state index contributed by atoms with van der Waals surface area (Å²) in [5, 5.41) is 11.8. The normalized spacial score (nSPS) is 28.3. The molecule has 8 atom stereocenters. The molecule has 5 aliphatic rings. The maximum absolute atomic E-state index is 14.7. The molecule has 3 heterocycles. The number of likely N-dealkylation sites (tertiary alicyclic amines) is 1. The van der Waals surface area contributed by atoms with E-state index in [1.54, 1.807) is 4.90 Å². The van der Waals surface area contributed by atoms with Gasteiger partial charge < -0.3 is 26.2 Å². The largest absolute Gasteiger partial charge is 0.347 e. The van der Waals surface area contributed by atoms with Gasteiger partial charge in [0.25, 0.3) is 11.8 Å². The summed E-state index contributed by atoms with van der Waals surface area (Å²) in [5.41, 5.74) is -0.634. The SMILES string of the molecule is C[C@H](NC(=O)C(=O)[C@@H]1CCC2C[C@H]3CN(C(=O)C(NC(=O)[C@@H](NC(=O)c4cnccn4)C4CCCCC4)C(C)(C)C)[C@H](C(=O)N1)[C@H]3C2)C1CCCCC1. The van der Waals surface area contributed by atoms with Crippen LogP contribution in [0.2, 0.25) is 0 Å². The Bertz CT molecular complexity index is 1520. The van der Waals surface area contributed by atoms with E-state index in [-0.39, 0.29) is 35.4 Å². The number of amides is 5. The number of aromatic nitrogens is 2. The Morgan fingerprint density at radius 1 is 0.849 bits per heavy atom. The highest BCUT2D eigenvalue weighted by Gasteiger charge is 2.55. The Morgan fingerprint density at radius 2 is 1.53 bits per heavy atom. The second kappa shape index (κ2) is 16.6. The van der Waals surface area contributed by atoms with E-state index in [4.69, 9.17) is 0 Å². The zero-order chi connectivity index (χ0) is 37.9. The van der Waals surface area contributed by atoms with Crippen molar-refractivity contribution in [3.8, 4) is 0 Å². The highest BCUT2D eigenvalue weighted by Crippen LogP contribution is 2.48. The lowest BCUT2D eigenvalue weighted by Crippen LogP contribution is -2.62. The zero-order valence-electron chi connectivity index (χ0n) is 31.9. The second-order valence-corrected chi connectivity index (χ2v) is 17.6. The average Bonchev–Trinajstić information content (AvgIpc) is 3.72. The smallest absolute Gasteiger partial charge is 0.289 e. The molecule has 5 fully saturated rings. The molecule has 13 heteroatoms. The minimum atomic E-state index is -0.992. The molecular weight excluding hydrogens is 674 g/mol. The van der Waals surface area contributed by atoms with E-state index >= 15 is 0 Å². The molecule has 13 nitrogen and oxygen atoms in total. The molecule has 5 amide bonds. The van der Waals surface area contributed by atoms with Crippen LogP contribution < -0.4 is 21.3 Å². The van der Waals surface area contributed by atoms with Gasteiger partial charge in [-0.1, -0.05) is 59.3 Å². The van der Waals surface area contributed by atoms with Gasteiger partial charge in [-0.2, -0.15) is 0 Å². The number of carbonyl (C=O) groups is 6. The molecule has 1 aromatic rings. The van der Waals surface area contributed by atoms with Gasteiger partial charge in [-0.3, -0.25) is 33.8 Å². The summed E-state index contributed by atoms with van der Waals surface area (Å²) >= 11 is 0. The van der Waals surface area contributed by atoms with Crippen LogP contribution >= 0.6 is 0 Å². The second-order valence-electron chi connectivity index (χ2n) is 17.6. The van der Waals surface area contributed by atoms with Crippen LogP contribution in [0.1, 0.15) is 128 Å². The molecule has 0 spiro atoms. The van der Waals surface area contributed by atoms with Gasteiger partial charge in [0, 0.05) is 25.0 Å². The van der Waals surface area contributed by atoms with E-state index < -0.39 is 59.0 Å². The summed E-state index contributed by atoms with van der Waals surface area (Å²) in [7, 11) is 0. The standard InChI is InChI=1S/C40H59N7O6/c1-23(25-11-7-5-8-12-25)43-38(52)33(48)29-16-15-24-19-27-22-47(32(28(27)20-24)37(51)44-29)39(53)34(40(2,3)4)46-36(50)31(26-13-9-6-10-14-26)45-35(49)30-21-41-17-18-42-30/h17-18,21,23-29,31-32,34H,5-16,19-20,22H2,1-4H3,(H,43,52)(H,44,51)(H,45,49)(H,46,50)/t23-,24?,27-,28-,29-,31-,32-,34?/m0/s1. The maximum Gasteiger partial charge on any atom is 0.289 e. The molecule has 2 bridgehead atoms. The lowest BCUT2D eigenvalue weighted by atomic mass is 9.82. The fourth-order valence-corrected chi connectivity index (χ4v) is 9.93. The summed E-state index contributed by atoms with van der Waals surface area (Å²) in [6.45, 7) is 7.97. The maximum atomic E-state index is 14.7. The first-order valence-electron chi connectivity index (χ1n) is 20.1. The van der Waals surface area contributed by atoms with Crippen LogP contribution in [0.4, 0.5) is 0 Å². The monoisotopic (exact) mass is 733 g/mol.